The first-order chi connectivity index (χ1) is 17.0. The van der Waals surface area contributed by atoms with E-state index in [-0.39, 0.29) is 36.9 Å². The van der Waals surface area contributed by atoms with Crippen molar-refractivity contribution in [2.45, 2.75) is 11.8 Å². The smallest absolute Gasteiger partial charge is 0.339 e. The Bertz CT molecular complexity index is 1540. The van der Waals surface area contributed by atoms with Crippen molar-refractivity contribution < 1.29 is 22.2 Å². The van der Waals surface area contributed by atoms with Gasteiger partial charge in [-0.1, -0.05) is 52.5 Å². The summed E-state index contributed by atoms with van der Waals surface area (Å²) in [6.45, 7) is 1.81. The third kappa shape index (κ3) is 5.40. The van der Waals surface area contributed by atoms with Crippen molar-refractivity contribution in [1.29, 1.82) is 0 Å². The van der Waals surface area contributed by atoms with Crippen LogP contribution in [-0.4, -0.2) is 25.3 Å². The summed E-state index contributed by atoms with van der Waals surface area (Å²) in [7, 11) is -4.31. The number of benzene rings is 3. The number of hydrogen-bond acceptors (Lipinski definition) is 6. The average molecular weight is 582 g/mol. The van der Waals surface area contributed by atoms with Crippen LogP contribution in [0.4, 0.5) is 5.69 Å². The minimum Gasteiger partial charge on any atom is -0.377 e. The molecule has 1 aliphatic heterocycles. The number of carbonyl (C=O) groups is 2. The monoisotopic (exact) mass is 580 g/mol. The van der Waals surface area contributed by atoms with Gasteiger partial charge in [-0.05, 0) is 73.7 Å². The lowest BCUT2D eigenvalue weighted by Gasteiger charge is -2.29. The number of nitrogens with one attached hydrogen (secondary N) is 1. The highest BCUT2D eigenvalue weighted by molar-refractivity contribution is 7.87. The first-order valence-electron chi connectivity index (χ1n) is 10.1. The zero-order chi connectivity index (χ0) is 26.2. The predicted octanol–water partition coefficient (Wildman–Crippen LogP) is 5.55. The van der Waals surface area contributed by atoms with Gasteiger partial charge in [0, 0.05) is 15.6 Å². The number of anilines is 1. The second-order valence-electron chi connectivity index (χ2n) is 7.59. The molecule has 1 aliphatic rings. The van der Waals surface area contributed by atoms with Crippen LogP contribution in [0.5, 0.6) is 5.75 Å². The fourth-order valence-corrected chi connectivity index (χ4v) is 5.25. The summed E-state index contributed by atoms with van der Waals surface area (Å²) < 4.78 is 31.2. The maximum absolute atomic E-state index is 13.3. The van der Waals surface area contributed by atoms with Gasteiger partial charge in [-0.3, -0.25) is 19.8 Å². The molecule has 2 amide bonds. The molecule has 1 heterocycles. The van der Waals surface area contributed by atoms with Crippen LogP contribution in [0.25, 0.3) is 6.08 Å². The zero-order valence-electron chi connectivity index (χ0n) is 18.3. The van der Waals surface area contributed by atoms with E-state index < -0.39 is 21.9 Å². The molecule has 1 saturated heterocycles. The molecular formula is C24H15Cl3N2O5S2. The number of amides is 2. The Balaban J connectivity index is 1.78. The lowest BCUT2D eigenvalue weighted by Crippen LogP contribution is -2.54. The Labute approximate surface area is 227 Å². The molecule has 184 valence electrons. The molecule has 0 aromatic heterocycles. The average Bonchev–Trinajstić information content (AvgIpc) is 2.80. The highest BCUT2D eigenvalue weighted by Gasteiger charge is 2.35. The van der Waals surface area contributed by atoms with Crippen LogP contribution in [0.1, 0.15) is 11.1 Å². The lowest BCUT2D eigenvalue weighted by molar-refractivity contribution is -0.122. The Morgan fingerprint density at radius 3 is 2.22 bits per heavy atom. The van der Waals surface area contributed by atoms with Crippen LogP contribution in [0.3, 0.4) is 0 Å². The summed E-state index contributed by atoms with van der Waals surface area (Å²) in [6.07, 6.45) is 1.14. The molecule has 0 aliphatic carbocycles. The number of aryl methyl sites for hydroxylation is 1. The molecule has 7 nitrogen and oxygen atoms in total. The number of hydrogen-bond donors (Lipinski definition) is 1. The predicted molar refractivity (Wildman–Crippen MR) is 143 cm³/mol. The van der Waals surface area contributed by atoms with Crippen LogP contribution >= 0.6 is 47.0 Å². The molecule has 3 aromatic carbocycles. The third-order valence-electron chi connectivity index (χ3n) is 5.03. The zero-order valence-corrected chi connectivity index (χ0v) is 22.2. The van der Waals surface area contributed by atoms with E-state index in [2.05, 4.69) is 5.32 Å². The maximum atomic E-state index is 13.3. The van der Waals surface area contributed by atoms with Crippen molar-refractivity contribution in [3.8, 4) is 5.75 Å². The fourth-order valence-electron chi connectivity index (χ4n) is 3.28. The lowest BCUT2D eigenvalue weighted by atomic mass is 10.1. The minimum absolute atomic E-state index is 0.00874. The Morgan fingerprint density at radius 1 is 0.944 bits per heavy atom. The Morgan fingerprint density at radius 2 is 1.58 bits per heavy atom. The van der Waals surface area contributed by atoms with Gasteiger partial charge in [-0.2, -0.15) is 8.42 Å². The van der Waals surface area contributed by atoms with Gasteiger partial charge >= 0.3 is 10.1 Å². The summed E-state index contributed by atoms with van der Waals surface area (Å²) in [5.41, 5.74) is 0.858. The van der Waals surface area contributed by atoms with Crippen molar-refractivity contribution in [2.75, 3.05) is 4.90 Å². The van der Waals surface area contributed by atoms with Gasteiger partial charge < -0.3 is 4.18 Å². The van der Waals surface area contributed by atoms with Gasteiger partial charge in [-0.25, -0.2) is 0 Å². The summed E-state index contributed by atoms with van der Waals surface area (Å²) >= 11 is 23.5. The molecule has 0 bridgehead atoms. The van der Waals surface area contributed by atoms with Crippen LogP contribution in [0, 0.1) is 6.92 Å². The van der Waals surface area contributed by atoms with Crippen molar-refractivity contribution in [2.24, 2.45) is 0 Å². The number of thiocarbonyl (C=S) groups is 1. The standard InChI is InChI=1S/C24H15Cl3N2O5S2/c1-13-2-8-18(9-3-13)36(32,33)34-21-14(10-16(26)12-20(21)27)11-19-22(30)28-24(35)29(23(19)31)17-6-4-15(25)5-7-17/h2-12H,1H3,(H,28,30,35)/b19-11-. The molecule has 4 rings (SSSR count). The van der Waals surface area contributed by atoms with Gasteiger partial charge in [0.25, 0.3) is 11.8 Å². The molecular weight excluding hydrogens is 567 g/mol. The van der Waals surface area contributed by atoms with Crippen LogP contribution in [-0.2, 0) is 19.7 Å². The fraction of sp³-hybridized carbons (Fsp3) is 0.0417. The number of nitrogens with zero attached hydrogens (tertiary/aromatic N) is 1. The highest BCUT2D eigenvalue weighted by atomic mass is 35.5. The molecule has 0 unspecified atom stereocenters. The molecule has 0 saturated carbocycles. The molecule has 36 heavy (non-hydrogen) atoms. The number of rotatable bonds is 5. The quantitative estimate of drug-likeness (QED) is 0.184. The molecule has 3 aromatic rings. The summed E-state index contributed by atoms with van der Waals surface area (Å²) in [6, 6.07) is 14.8. The van der Waals surface area contributed by atoms with Gasteiger partial charge in [0.05, 0.1) is 10.7 Å². The second-order valence-corrected chi connectivity index (χ2v) is 10.8. The van der Waals surface area contributed by atoms with E-state index in [1.54, 1.807) is 36.4 Å². The van der Waals surface area contributed by atoms with Gasteiger partial charge in [-0.15, -0.1) is 0 Å². The second kappa shape index (κ2) is 10.2. The van der Waals surface area contributed by atoms with E-state index >= 15 is 0 Å². The summed E-state index contributed by atoms with van der Waals surface area (Å²) in [5, 5.41) is 2.74. The van der Waals surface area contributed by atoms with Crippen molar-refractivity contribution in [3.05, 3.63) is 92.4 Å². The van der Waals surface area contributed by atoms with Crippen LogP contribution in [0.2, 0.25) is 15.1 Å². The highest BCUT2D eigenvalue weighted by Crippen LogP contribution is 2.36. The first-order valence-corrected chi connectivity index (χ1v) is 13.1. The molecule has 1 N–H and O–H groups in total. The normalized spacial score (nSPS) is 15.3. The third-order valence-corrected chi connectivity index (χ3v) is 7.30. The maximum Gasteiger partial charge on any atom is 0.339 e. The van der Waals surface area contributed by atoms with E-state index in [9.17, 15) is 18.0 Å². The van der Waals surface area contributed by atoms with Crippen molar-refractivity contribution in [1.82, 2.24) is 5.32 Å². The molecule has 0 spiro atoms. The van der Waals surface area contributed by atoms with E-state index in [1.165, 1.54) is 24.3 Å². The van der Waals surface area contributed by atoms with Crippen molar-refractivity contribution >= 4 is 85.8 Å². The van der Waals surface area contributed by atoms with E-state index in [0.717, 1.165) is 16.5 Å². The Hall–Kier alpha value is -2.95. The molecule has 0 radical (unpaired) electrons. The minimum atomic E-state index is -4.31. The van der Waals surface area contributed by atoms with Crippen LogP contribution in [0.15, 0.2) is 71.1 Å². The topological polar surface area (TPSA) is 92.8 Å². The molecule has 1 fully saturated rings. The number of carbonyl (C=O) groups excluding carboxylic acids is 2. The van der Waals surface area contributed by atoms with Gasteiger partial charge in [0.2, 0.25) is 0 Å². The van der Waals surface area contributed by atoms with E-state index in [1.807, 2.05) is 6.92 Å². The summed E-state index contributed by atoms with van der Waals surface area (Å²) in [4.78, 5) is 27.0. The summed E-state index contributed by atoms with van der Waals surface area (Å²) in [5.74, 6) is -1.85. The SMILES string of the molecule is Cc1ccc(S(=O)(=O)Oc2c(Cl)cc(Cl)cc2/C=C2/C(=O)NC(=S)N(c3ccc(Cl)cc3)C2=O)cc1. The van der Waals surface area contributed by atoms with Gasteiger partial charge in [0.1, 0.15) is 10.5 Å². The first kappa shape index (κ1) is 26.1. The van der Waals surface area contributed by atoms with E-state index in [4.69, 9.17) is 51.2 Å². The van der Waals surface area contributed by atoms with Crippen LogP contribution < -0.4 is 14.4 Å². The van der Waals surface area contributed by atoms with Crippen molar-refractivity contribution in [3.63, 3.8) is 0 Å². The van der Waals surface area contributed by atoms with Gasteiger partial charge in [0.15, 0.2) is 10.9 Å². The molecule has 12 heteroatoms. The number of halogens is 3. The largest absolute Gasteiger partial charge is 0.377 e. The Kier molecular flexibility index (Phi) is 7.40. The van der Waals surface area contributed by atoms with E-state index in [0.29, 0.717) is 10.7 Å². The molecule has 0 atom stereocenters.